The lowest BCUT2D eigenvalue weighted by molar-refractivity contribution is -0.143. The molecule has 0 spiro atoms. The highest BCUT2D eigenvalue weighted by Crippen LogP contribution is 2.20. The van der Waals surface area contributed by atoms with Gasteiger partial charge in [0.2, 0.25) is 0 Å². The summed E-state index contributed by atoms with van der Waals surface area (Å²) in [7, 11) is 1.67. The fourth-order valence-corrected chi connectivity index (χ4v) is 3.51. The maximum absolute atomic E-state index is 12.4. The Morgan fingerprint density at radius 3 is 2.67 bits per heavy atom. The second-order valence-corrected chi connectivity index (χ2v) is 6.88. The lowest BCUT2D eigenvalue weighted by Crippen LogP contribution is -2.44. The molecule has 1 aliphatic rings. The third kappa shape index (κ3) is 7.14. The predicted octanol–water partition coefficient (Wildman–Crippen LogP) is 3.23. The zero-order valence-electron chi connectivity index (χ0n) is 13.8. The Bertz CT molecular complexity index is 533. The van der Waals surface area contributed by atoms with Crippen LogP contribution in [0.15, 0.2) is 17.1 Å². The van der Waals surface area contributed by atoms with Crippen LogP contribution in [0.5, 0.6) is 0 Å². The Morgan fingerprint density at radius 2 is 2.08 bits per heavy atom. The summed E-state index contributed by atoms with van der Waals surface area (Å²) in [5, 5.41) is 6.43. The Balaban J connectivity index is 0.00000288. The Kier molecular flexibility index (Phi) is 8.78. The van der Waals surface area contributed by atoms with Crippen molar-refractivity contribution in [2.24, 2.45) is 4.99 Å². The lowest BCUT2D eigenvalue weighted by atomic mass is 10.3. The van der Waals surface area contributed by atoms with Crippen LogP contribution >= 0.6 is 35.3 Å². The molecule has 0 radical (unpaired) electrons. The van der Waals surface area contributed by atoms with Crippen molar-refractivity contribution in [3.8, 4) is 0 Å². The third-order valence-corrected chi connectivity index (χ3v) is 4.97. The van der Waals surface area contributed by atoms with E-state index in [9.17, 15) is 13.2 Å². The number of thiophene rings is 1. The monoisotopic (exact) mass is 476 g/mol. The number of nitrogens with zero attached hydrogens (tertiary/aromatic N) is 2. The first-order chi connectivity index (χ1) is 10.9. The maximum Gasteiger partial charge on any atom is 0.401 e. The third-order valence-electron chi connectivity index (χ3n) is 3.74. The lowest BCUT2D eigenvalue weighted by Gasteiger charge is -2.19. The van der Waals surface area contributed by atoms with Gasteiger partial charge in [-0.2, -0.15) is 13.2 Å². The van der Waals surface area contributed by atoms with E-state index in [1.165, 1.54) is 14.7 Å². The average molecular weight is 476 g/mol. The highest BCUT2D eigenvalue weighted by atomic mass is 127. The van der Waals surface area contributed by atoms with Crippen LogP contribution in [-0.2, 0) is 13.0 Å². The zero-order valence-corrected chi connectivity index (χ0v) is 17.0. The molecule has 1 aromatic rings. The van der Waals surface area contributed by atoms with Gasteiger partial charge < -0.3 is 10.6 Å². The van der Waals surface area contributed by atoms with E-state index in [1.54, 1.807) is 18.4 Å². The van der Waals surface area contributed by atoms with Gasteiger partial charge in [0.25, 0.3) is 0 Å². The number of alkyl halides is 3. The molecule has 0 bridgehead atoms. The summed E-state index contributed by atoms with van der Waals surface area (Å²) < 4.78 is 37.2. The Hall–Kier alpha value is -0.550. The maximum atomic E-state index is 12.4. The number of aryl methyl sites for hydroxylation is 1. The van der Waals surface area contributed by atoms with Gasteiger partial charge in [0, 0.05) is 35.9 Å². The zero-order chi connectivity index (χ0) is 16.9. The van der Waals surface area contributed by atoms with E-state index < -0.39 is 12.7 Å². The number of rotatable bonds is 5. The standard InChI is InChI=1S/C15H23F3N4S.HI/c1-3-12-4-5-13(23-12)8-20-14(19-2)21-11-6-7-22(9-11)10-15(16,17)18;/h4-5,11H,3,6-10H2,1-2H3,(H2,19,20,21);1H. The summed E-state index contributed by atoms with van der Waals surface area (Å²) in [6, 6.07) is 4.20. The van der Waals surface area contributed by atoms with E-state index in [2.05, 4.69) is 34.7 Å². The Labute approximate surface area is 161 Å². The number of nitrogens with one attached hydrogen (secondary N) is 2. The molecule has 1 unspecified atom stereocenters. The van der Waals surface area contributed by atoms with Crippen LogP contribution in [0.3, 0.4) is 0 Å². The molecule has 1 aromatic heterocycles. The quantitative estimate of drug-likeness (QED) is 0.390. The van der Waals surface area contributed by atoms with Crippen molar-refractivity contribution in [3.63, 3.8) is 0 Å². The molecule has 0 amide bonds. The molecule has 0 aromatic carbocycles. The molecule has 0 aliphatic carbocycles. The van der Waals surface area contributed by atoms with Gasteiger partial charge in [-0.3, -0.25) is 9.89 Å². The van der Waals surface area contributed by atoms with Crippen LogP contribution in [-0.4, -0.2) is 49.8 Å². The summed E-state index contributed by atoms with van der Waals surface area (Å²) >= 11 is 1.76. The van der Waals surface area contributed by atoms with E-state index in [-0.39, 0.29) is 30.0 Å². The van der Waals surface area contributed by atoms with Crippen LogP contribution in [0.1, 0.15) is 23.1 Å². The fourth-order valence-electron chi connectivity index (χ4n) is 2.61. The van der Waals surface area contributed by atoms with Crippen LogP contribution in [0.2, 0.25) is 0 Å². The Morgan fingerprint density at radius 1 is 1.38 bits per heavy atom. The van der Waals surface area contributed by atoms with Gasteiger partial charge in [-0.05, 0) is 25.0 Å². The number of guanidine groups is 1. The van der Waals surface area contributed by atoms with Gasteiger partial charge in [0.05, 0.1) is 13.1 Å². The van der Waals surface area contributed by atoms with Crippen LogP contribution in [0, 0.1) is 0 Å². The summed E-state index contributed by atoms with van der Waals surface area (Å²) in [6.45, 7) is 2.80. The van der Waals surface area contributed by atoms with E-state index in [0.29, 0.717) is 32.0 Å². The number of hydrogen-bond donors (Lipinski definition) is 2. The second kappa shape index (κ2) is 9.81. The van der Waals surface area contributed by atoms with Crippen LogP contribution < -0.4 is 10.6 Å². The second-order valence-electron chi connectivity index (χ2n) is 5.63. The van der Waals surface area contributed by atoms with Gasteiger partial charge in [0.1, 0.15) is 0 Å². The minimum absolute atomic E-state index is 0. The summed E-state index contributed by atoms with van der Waals surface area (Å²) in [5.41, 5.74) is 0. The van der Waals surface area contributed by atoms with Gasteiger partial charge in [-0.25, -0.2) is 0 Å². The van der Waals surface area contributed by atoms with Crippen molar-refractivity contribution in [1.82, 2.24) is 15.5 Å². The normalized spacial score (nSPS) is 19.2. The predicted molar refractivity (Wildman–Crippen MR) is 103 cm³/mol. The minimum Gasteiger partial charge on any atom is -0.352 e. The largest absolute Gasteiger partial charge is 0.401 e. The van der Waals surface area contributed by atoms with Crippen LogP contribution in [0.4, 0.5) is 13.2 Å². The van der Waals surface area contributed by atoms with Crippen LogP contribution in [0.25, 0.3) is 0 Å². The topological polar surface area (TPSA) is 39.7 Å². The first-order valence-electron chi connectivity index (χ1n) is 7.73. The molecule has 24 heavy (non-hydrogen) atoms. The molecule has 1 aliphatic heterocycles. The molecule has 1 fully saturated rings. The molecular weight excluding hydrogens is 452 g/mol. The fraction of sp³-hybridized carbons (Fsp3) is 0.667. The van der Waals surface area contributed by atoms with Crippen molar-refractivity contribution < 1.29 is 13.2 Å². The molecule has 2 heterocycles. The van der Waals surface area contributed by atoms with Crippen molar-refractivity contribution >= 4 is 41.3 Å². The number of hydrogen-bond acceptors (Lipinski definition) is 3. The van der Waals surface area contributed by atoms with E-state index in [0.717, 1.165) is 6.42 Å². The molecule has 1 saturated heterocycles. The number of likely N-dealkylation sites (tertiary alicyclic amines) is 1. The molecule has 9 heteroatoms. The average Bonchev–Trinajstić information content (AvgIpc) is 3.10. The van der Waals surface area contributed by atoms with Gasteiger partial charge >= 0.3 is 6.18 Å². The molecular formula is C15H24F3IN4S. The molecule has 0 saturated carbocycles. The molecule has 138 valence electrons. The van der Waals surface area contributed by atoms with Crippen molar-refractivity contribution in [1.29, 1.82) is 0 Å². The van der Waals surface area contributed by atoms with Gasteiger partial charge in [-0.15, -0.1) is 35.3 Å². The van der Waals surface area contributed by atoms with Gasteiger partial charge in [-0.1, -0.05) is 6.92 Å². The molecule has 1 atom stereocenters. The highest BCUT2D eigenvalue weighted by molar-refractivity contribution is 14.0. The molecule has 2 rings (SSSR count). The van der Waals surface area contributed by atoms with Crippen molar-refractivity contribution in [2.45, 2.75) is 38.5 Å². The van der Waals surface area contributed by atoms with Crippen molar-refractivity contribution in [2.75, 3.05) is 26.7 Å². The highest BCUT2D eigenvalue weighted by Gasteiger charge is 2.34. The smallest absolute Gasteiger partial charge is 0.352 e. The van der Waals surface area contributed by atoms with Gasteiger partial charge in [0.15, 0.2) is 5.96 Å². The number of halogens is 4. The summed E-state index contributed by atoms with van der Waals surface area (Å²) in [5.74, 6) is 0.635. The summed E-state index contributed by atoms with van der Waals surface area (Å²) in [4.78, 5) is 8.13. The molecule has 4 nitrogen and oxygen atoms in total. The minimum atomic E-state index is -4.13. The van der Waals surface area contributed by atoms with E-state index >= 15 is 0 Å². The van der Waals surface area contributed by atoms with Crippen molar-refractivity contribution in [3.05, 3.63) is 21.9 Å². The van der Waals surface area contributed by atoms with E-state index in [4.69, 9.17) is 0 Å². The first-order valence-corrected chi connectivity index (χ1v) is 8.55. The SMILES string of the molecule is CCc1ccc(CNC(=NC)NC2CCN(CC(F)(F)F)C2)s1.I. The molecule has 2 N–H and O–H groups in total. The van der Waals surface area contributed by atoms with E-state index in [1.807, 2.05) is 0 Å². The summed E-state index contributed by atoms with van der Waals surface area (Å²) in [6.07, 6.45) is -2.42. The first kappa shape index (κ1) is 21.5. The number of aliphatic imine (C=N–C) groups is 1.